The first-order chi connectivity index (χ1) is 14.3. The van der Waals surface area contributed by atoms with E-state index in [2.05, 4.69) is 10.5 Å². The molecule has 0 bridgehead atoms. The molecule has 2 fully saturated rings. The van der Waals surface area contributed by atoms with Crippen LogP contribution in [0.1, 0.15) is 62.8 Å². The number of aryl methyl sites for hydroxylation is 1. The molecule has 1 N–H and O–H groups in total. The highest BCUT2D eigenvalue weighted by Gasteiger charge is 2.36. The van der Waals surface area contributed by atoms with Gasteiger partial charge in [-0.3, -0.25) is 4.79 Å². The molecule has 1 aliphatic carbocycles. The molecule has 3 rings (SSSR count). The maximum absolute atomic E-state index is 13.2. The Balaban J connectivity index is 1.63. The first-order valence-electron chi connectivity index (χ1n) is 10.9. The molecule has 9 heteroatoms. The van der Waals surface area contributed by atoms with E-state index in [-0.39, 0.29) is 28.5 Å². The van der Waals surface area contributed by atoms with Crippen LogP contribution in [-0.2, 0) is 14.8 Å². The van der Waals surface area contributed by atoms with Gasteiger partial charge in [0.2, 0.25) is 15.9 Å². The topological polar surface area (TPSA) is 95.8 Å². The van der Waals surface area contributed by atoms with Crippen LogP contribution in [0.25, 0.3) is 6.08 Å². The lowest BCUT2D eigenvalue weighted by atomic mass is 9.96. The molecule has 0 spiro atoms. The van der Waals surface area contributed by atoms with Gasteiger partial charge in [-0.15, -0.1) is 0 Å². The normalized spacial score (nSPS) is 20.4. The van der Waals surface area contributed by atoms with Crippen molar-refractivity contribution in [1.29, 1.82) is 0 Å². The SMILES string of the molecule is Cc1noc(/C=C/N(C)C)c1S(=O)(=O)N1CCC(C(=O)NC2CCCCCC2)CC1. The zero-order chi connectivity index (χ0) is 21.7. The van der Waals surface area contributed by atoms with E-state index in [1.165, 1.54) is 30.0 Å². The third-order valence-electron chi connectivity index (χ3n) is 5.98. The zero-order valence-electron chi connectivity index (χ0n) is 18.3. The molecule has 1 amide bonds. The maximum atomic E-state index is 13.2. The van der Waals surface area contributed by atoms with Crippen molar-refractivity contribution in [3.05, 3.63) is 17.7 Å². The molecule has 0 atom stereocenters. The molecule has 1 saturated heterocycles. The minimum absolute atomic E-state index is 0.0784. The second-order valence-electron chi connectivity index (χ2n) is 8.62. The van der Waals surface area contributed by atoms with Gasteiger partial charge >= 0.3 is 0 Å². The molecule has 1 aromatic rings. The molecule has 1 aromatic heterocycles. The van der Waals surface area contributed by atoms with Gasteiger partial charge in [0.25, 0.3) is 0 Å². The van der Waals surface area contributed by atoms with E-state index >= 15 is 0 Å². The van der Waals surface area contributed by atoms with Crippen LogP contribution in [-0.4, -0.2) is 61.9 Å². The first-order valence-corrected chi connectivity index (χ1v) is 12.3. The van der Waals surface area contributed by atoms with Crippen LogP contribution in [0.4, 0.5) is 0 Å². The molecule has 168 valence electrons. The fourth-order valence-corrected chi connectivity index (χ4v) is 5.97. The summed E-state index contributed by atoms with van der Waals surface area (Å²) in [6, 6.07) is 0.271. The number of hydrogen-bond acceptors (Lipinski definition) is 6. The first kappa shape index (κ1) is 22.8. The number of rotatable bonds is 6. The van der Waals surface area contributed by atoms with Crippen LogP contribution in [0, 0.1) is 12.8 Å². The minimum Gasteiger partial charge on any atom is -0.383 e. The van der Waals surface area contributed by atoms with Crippen molar-refractivity contribution in [3.63, 3.8) is 0 Å². The second kappa shape index (κ2) is 9.96. The molecule has 2 heterocycles. The number of nitrogens with one attached hydrogen (secondary N) is 1. The van der Waals surface area contributed by atoms with Crippen molar-refractivity contribution in [3.8, 4) is 0 Å². The highest BCUT2D eigenvalue weighted by Crippen LogP contribution is 2.29. The van der Waals surface area contributed by atoms with Crippen LogP contribution in [0.5, 0.6) is 0 Å². The molecule has 30 heavy (non-hydrogen) atoms. The summed E-state index contributed by atoms with van der Waals surface area (Å²) >= 11 is 0. The van der Waals surface area contributed by atoms with E-state index in [0.29, 0.717) is 31.6 Å². The van der Waals surface area contributed by atoms with E-state index in [1.54, 1.807) is 24.1 Å². The minimum atomic E-state index is -3.73. The quantitative estimate of drug-likeness (QED) is 0.686. The number of nitrogens with zero attached hydrogens (tertiary/aromatic N) is 3. The average Bonchev–Trinajstić information content (AvgIpc) is 2.91. The maximum Gasteiger partial charge on any atom is 0.248 e. The largest absolute Gasteiger partial charge is 0.383 e. The van der Waals surface area contributed by atoms with Gasteiger partial charge < -0.3 is 14.7 Å². The fourth-order valence-electron chi connectivity index (χ4n) is 4.25. The Bertz CT molecular complexity index is 846. The Hall–Kier alpha value is -1.87. The Morgan fingerprint density at radius 1 is 1.13 bits per heavy atom. The highest BCUT2D eigenvalue weighted by atomic mass is 32.2. The summed E-state index contributed by atoms with van der Waals surface area (Å²) in [4.78, 5) is 14.6. The van der Waals surface area contributed by atoms with Crippen LogP contribution in [0.3, 0.4) is 0 Å². The van der Waals surface area contributed by atoms with Gasteiger partial charge in [-0.25, -0.2) is 8.42 Å². The summed E-state index contributed by atoms with van der Waals surface area (Å²) in [7, 11) is -0.0414. The van der Waals surface area contributed by atoms with Gasteiger partial charge in [0.1, 0.15) is 5.69 Å². The Labute approximate surface area is 179 Å². The van der Waals surface area contributed by atoms with Gasteiger partial charge in [-0.2, -0.15) is 4.31 Å². The van der Waals surface area contributed by atoms with Crippen molar-refractivity contribution in [2.75, 3.05) is 27.2 Å². The van der Waals surface area contributed by atoms with Gasteiger partial charge in [0, 0.05) is 51.4 Å². The van der Waals surface area contributed by atoms with Crippen molar-refractivity contribution in [2.24, 2.45) is 5.92 Å². The number of aromatic nitrogens is 1. The molecule has 0 aromatic carbocycles. The Morgan fingerprint density at radius 2 is 1.77 bits per heavy atom. The number of amides is 1. The molecule has 8 nitrogen and oxygen atoms in total. The molecular formula is C21H34N4O4S. The standard InChI is InChI=1S/C21H34N4O4S/c1-16-20(19(29-23-16)12-13-24(2)3)30(27,28)25-14-10-17(11-15-25)21(26)22-18-8-6-4-5-7-9-18/h12-13,17-18H,4-11,14-15H2,1-3H3,(H,22,26)/b13-12+. The molecular weight excluding hydrogens is 404 g/mol. The Morgan fingerprint density at radius 3 is 2.37 bits per heavy atom. The monoisotopic (exact) mass is 438 g/mol. The van der Waals surface area contributed by atoms with E-state index < -0.39 is 10.0 Å². The zero-order valence-corrected chi connectivity index (χ0v) is 19.1. The molecule has 0 radical (unpaired) electrons. The van der Waals surface area contributed by atoms with Crippen LogP contribution in [0.2, 0.25) is 0 Å². The van der Waals surface area contributed by atoms with Crippen LogP contribution < -0.4 is 5.32 Å². The lowest BCUT2D eigenvalue weighted by molar-refractivity contribution is -0.126. The van der Waals surface area contributed by atoms with Crippen LogP contribution >= 0.6 is 0 Å². The van der Waals surface area contributed by atoms with Gasteiger partial charge in [0.15, 0.2) is 10.7 Å². The van der Waals surface area contributed by atoms with Gasteiger partial charge in [-0.05, 0) is 32.6 Å². The summed E-state index contributed by atoms with van der Waals surface area (Å²) in [5.41, 5.74) is 0.349. The van der Waals surface area contributed by atoms with E-state index in [4.69, 9.17) is 4.52 Å². The number of hydrogen-bond donors (Lipinski definition) is 1. The van der Waals surface area contributed by atoms with Crippen LogP contribution in [0.15, 0.2) is 15.6 Å². The molecule has 2 aliphatic rings. The lowest BCUT2D eigenvalue weighted by Gasteiger charge is -2.31. The average molecular weight is 439 g/mol. The summed E-state index contributed by atoms with van der Waals surface area (Å²) < 4.78 is 33.2. The Kier molecular flexibility index (Phi) is 7.57. The predicted molar refractivity (Wildman–Crippen MR) is 115 cm³/mol. The molecule has 1 aliphatic heterocycles. The smallest absolute Gasteiger partial charge is 0.248 e. The van der Waals surface area contributed by atoms with E-state index in [1.807, 2.05) is 14.1 Å². The number of carbonyl (C=O) groups excluding carboxylic acids is 1. The number of sulfonamides is 1. The number of piperidine rings is 1. The van der Waals surface area contributed by atoms with Gasteiger partial charge in [0.05, 0.1) is 0 Å². The van der Waals surface area contributed by atoms with Crippen molar-refractivity contribution in [2.45, 2.75) is 69.2 Å². The fraction of sp³-hybridized carbons (Fsp3) is 0.714. The lowest BCUT2D eigenvalue weighted by Crippen LogP contribution is -2.45. The van der Waals surface area contributed by atoms with Crippen molar-refractivity contribution >= 4 is 22.0 Å². The van der Waals surface area contributed by atoms with E-state index in [9.17, 15) is 13.2 Å². The van der Waals surface area contributed by atoms with Crippen molar-refractivity contribution in [1.82, 2.24) is 19.7 Å². The van der Waals surface area contributed by atoms with Gasteiger partial charge in [-0.1, -0.05) is 30.8 Å². The summed E-state index contributed by atoms with van der Waals surface area (Å²) in [5, 5.41) is 7.07. The highest BCUT2D eigenvalue weighted by molar-refractivity contribution is 7.89. The number of carbonyl (C=O) groups is 1. The second-order valence-corrected chi connectivity index (χ2v) is 10.5. The van der Waals surface area contributed by atoms with E-state index in [0.717, 1.165) is 12.8 Å². The summed E-state index contributed by atoms with van der Waals surface area (Å²) in [6.45, 7) is 2.29. The molecule has 0 unspecified atom stereocenters. The van der Waals surface area contributed by atoms with Crippen molar-refractivity contribution < 1.29 is 17.7 Å². The summed E-state index contributed by atoms with van der Waals surface area (Å²) in [5.74, 6) is 0.181. The predicted octanol–water partition coefficient (Wildman–Crippen LogP) is 2.76. The third-order valence-corrected chi connectivity index (χ3v) is 8.04. The summed E-state index contributed by atoms with van der Waals surface area (Å²) in [6.07, 6.45) is 11.3. The molecule has 1 saturated carbocycles. The third kappa shape index (κ3) is 5.43.